The number of carbonyl (C=O) groups excluding carboxylic acids is 1. The Kier molecular flexibility index (Phi) is 4.43. The predicted octanol–water partition coefficient (Wildman–Crippen LogP) is 3.71. The van der Waals surface area contributed by atoms with E-state index in [1.54, 1.807) is 0 Å². The first-order valence-corrected chi connectivity index (χ1v) is 11.0. The summed E-state index contributed by atoms with van der Waals surface area (Å²) >= 11 is 0. The molecule has 1 N–H and O–H groups in total. The Labute approximate surface area is 173 Å². The van der Waals surface area contributed by atoms with Crippen LogP contribution in [0.4, 0.5) is 5.69 Å². The first kappa shape index (κ1) is 18.7. The Bertz CT molecular complexity index is 907. The van der Waals surface area contributed by atoms with E-state index in [1.165, 1.54) is 36.1 Å². The summed E-state index contributed by atoms with van der Waals surface area (Å²) in [6, 6.07) is 19.7. The van der Waals surface area contributed by atoms with E-state index in [4.69, 9.17) is 0 Å². The molecule has 0 spiro atoms. The van der Waals surface area contributed by atoms with Crippen LogP contribution in [0.15, 0.2) is 54.6 Å². The first-order valence-electron chi connectivity index (χ1n) is 11.0. The van der Waals surface area contributed by atoms with Crippen LogP contribution in [0.25, 0.3) is 0 Å². The number of nitrogens with one attached hydrogen (secondary N) is 1. The number of likely N-dealkylation sites (N-methyl/N-ethyl adjacent to an activating group) is 2. The van der Waals surface area contributed by atoms with Gasteiger partial charge in [-0.25, -0.2) is 0 Å². The molecule has 0 aromatic heterocycles. The fourth-order valence-corrected chi connectivity index (χ4v) is 6.41. The number of hydrogen-bond acceptors (Lipinski definition) is 3. The standard InChI is InChI=1S/C25H31N3O/c1-26-25-23(29)28(20-13-7-4-8-14-20)18-24(25,17-19-11-5-3-6-12-19)21-15-9-10-16-22(21)27(25)2/h3,5-6,9-12,15-16,20,26H,4,7-8,13-14,17-18H2,1-2H3/t24-,25-/m1/s1. The molecule has 2 aromatic rings. The zero-order chi connectivity index (χ0) is 20.1. The lowest BCUT2D eigenvalue weighted by atomic mass is 9.70. The number of para-hydroxylation sites is 1. The summed E-state index contributed by atoms with van der Waals surface area (Å²) in [7, 11) is 4.05. The summed E-state index contributed by atoms with van der Waals surface area (Å²) in [5.41, 5.74) is 2.73. The molecule has 0 unspecified atom stereocenters. The van der Waals surface area contributed by atoms with E-state index in [2.05, 4.69) is 76.8 Å². The van der Waals surface area contributed by atoms with Crippen molar-refractivity contribution in [1.82, 2.24) is 10.2 Å². The molecule has 2 aliphatic heterocycles. The van der Waals surface area contributed by atoms with Crippen molar-refractivity contribution in [2.24, 2.45) is 0 Å². The van der Waals surface area contributed by atoms with E-state index in [1.807, 2.05) is 7.05 Å². The molecule has 2 aromatic carbocycles. The summed E-state index contributed by atoms with van der Waals surface area (Å²) in [5.74, 6) is 0.251. The molecule has 2 atom stereocenters. The van der Waals surface area contributed by atoms with Gasteiger partial charge in [-0.3, -0.25) is 10.1 Å². The zero-order valence-electron chi connectivity index (χ0n) is 17.5. The van der Waals surface area contributed by atoms with Gasteiger partial charge >= 0.3 is 0 Å². The molecule has 3 aliphatic rings. The molecule has 4 nitrogen and oxygen atoms in total. The molecule has 1 saturated heterocycles. The van der Waals surface area contributed by atoms with Gasteiger partial charge in [0.25, 0.3) is 5.91 Å². The minimum absolute atomic E-state index is 0.251. The number of benzene rings is 2. The molecule has 2 fully saturated rings. The normalized spacial score (nSPS) is 29.2. The summed E-state index contributed by atoms with van der Waals surface area (Å²) in [4.78, 5) is 18.6. The van der Waals surface area contributed by atoms with Crippen LogP contribution in [0.3, 0.4) is 0 Å². The Hall–Kier alpha value is -2.33. The van der Waals surface area contributed by atoms with Crippen molar-refractivity contribution in [2.75, 3.05) is 25.5 Å². The molecule has 0 bridgehead atoms. The average molecular weight is 390 g/mol. The monoisotopic (exact) mass is 389 g/mol. The van der Waals surface area contributed by atoms with Gasteiger partial charge in [-0.05, 0) is 43.5 Å². The van der Waals surface area contributed by atoms with Gasteiger partial charge in [-0.1, -0.05) is 67.8 Å². The van der Waals surface area contributed by atoms with Crippen LogP contribution < -0.4 is 10.2 Å². The zero-order valence-corrected chi connectivity index (χ0v) is 17.5. The number of likely N-dealkylation sites (tertiary alicyclic amines) is 1. The summed E-state index contributed by atoms with van der Waals surface area (Å²) in [6.45, 7) is 0.785. The molecule has 1 saturated carbocycles. The van der Waals surface area contributed by atoms with Crippen molar-refractivity contribution < 1.29 is 4.79 Å². The van der Waals surface area contributed by atoms with Crippen molar-refractivity contribution >= 4 is 11.6 Å². The van der Waals surface area contributed by atoms with Crippen LogP contribution in [0.1, 0.15) is 43.2 Å². The Morgan fingerprint density at radius 1 is 1.00 bits per heavy atom. The van der Waals surface area contributed by atoms with E-state index < -0.39 is 5.66 Å². The summed E-state index contributed by atoms with van der Waals surface area (Å²) in [6.07, 6.45) is 6.90. The smallest absolute Gasteiger partial charge is 0.264 e. The molecule has 29 heavy (non-hydrogen) atoms. The Morgan fingerprint density at radius 3 is 2.41 bits per heavy atom. The molecule has 152 valence electrons. The Morgan fingerprint density at radius 2 is 1.69 bits per heavy atom. The van der Waals surface area contributed by atoms with Gasteiger partial charge in [0, 0.05) is 25.3 Å². The van der Waals surface area contributed by atoms with Gasteiger partial charge in [-0.15, -0.1) is 0 Å². The SMILES string of the molecule is CN[C@@]12C(=O)N(C3CCCCC3)C[C@]1(Cc1ccccc1)c1ccccc1N2C. The van der Waals surface area contributed by atoms with Crippen molar-refractivity contribution in [3.05, 3.63) is 65.7 Å². The maximum absolute atomic E-state index is 14.1. The predicted molar refractivity (Wildman–Crippen MR) is 117 cm³/mol. The number of anilines is 1. The third-order valence-corrected chi connectivity index (χ3v) is 7.71. The molecular formula is C25H31N3O. The third-order valence-electron chi connectivity index (χ3n) is 7.71. The second-order valence-corrected chi connectivity index (χ2v) is 9.01. The van der Waals surface area contributed by atoms with E-state index in [9.17, 15) is 4.79 Å². The molecule has 5 rings (SSSR count). The van der Waals surface area contributed by atoms with Crippen LogP contribution in [-0.2, 0) is 16.6 Å². The topological polar surface area (TPSA) is 35.6 Å². The number of nitrogens with zero attached hydrogens (tertiary/aromatic N) is 2. The second-order valence-electron chi connectivity index (χ2n) is 9.01. The molecule has 1 amide bonds. The average Bonchev–Trinajstić information content (AvgIpc) is 3.15. The van der Waals surface area contributed by atoms with Gasteiger partial charge in [0.2, 0.25) is 0 Å². The van der Waals surface area contributed by atoms with Crippen molar-refractivity contribution in [3.63, 3.8) is 0 Å². The van der Waals surface area contributed by atoms with Gasteiger partial charge in [-0.2, -0.15) is 0 Å². The highest BCUT2D eigenvalue weighted by atomic mass is 16.2. The number of rotatable bonds is 4. The van der Waals surface area contributed by atoms with E-state index in [-0.39, 0.29) is 11.3 Å². The van der Waals surface area contributed by atoms with Crippen LogP contribution in [0, 0.1) is 0 Å². The minimum Gasteiger partial charge on any atom is -0.347 e. The van der Waals surface area contributed by atoms with Crippen LogP contribution in [-0.4, -0.2) is 43.2 Å². The highest BCUT2D eigenvalue weighted by Gasteiger charge is 2.70. The van der Waals surface area contributed by atoms with E-state index >= 15 is 0 Å². The molecule has 1 aliphatic carbocycles. The maximum atomic E-state index is 14.1. The summed E-state index contributed by atoms with van der Waals surface area (Å²) < 4.78 is 0. The van der Waals surface area contributed by atoms with Gasteiger partial charge < -0.3 is 9.80 Å². The fourth-order valence-electron chi connectivity index (χ4n) is 6.41. The third kappa shape index (κ3) is 2.45. The van der Waals surface area contributed by atoms with E-state index in [0.717, 1.165) is 25.8 Å². The largest absolute Gasteiger partial charge is 0.347 e. The summed E-state index contributed by atoms with van der Waals surface area (Å²) in [5, 5.41) is 3.55. The lowest BCUT2D eigenvalue weighted by Gasteiger charge is -2.42. The number of amides is 1. The highest BCUT2D eigenvalue weighted by Crippen LogP contribution is 2.56. The molecular weight excluding hydrogens is 358 g/mol. The molecule has 0 radical (unpaired) electrons. The fraction of sp³-hybridized carbons (Fsp3) is 0.480. The maximum Gasteiger partial charge on any atom is 0.264 e. The van der Waals surface area contributed by atoms with Crippen molar-refractivity contribution in [3.8, 4) is 0 Å². The van der Waals surface area contributed by atoms with E-state index in [0.29, 0.717) is 6.04 Å². The Balaban J connectivity index is 1.67. The molecule has 4 heteroatoms. The molecule has 2 heterocycles. The van der Waals surface area contributed by atoms with Crippen molar-refractivity contribution in [1.29, 1.82) is 0 Å². The minimum atomic E-state index is -0.732. The lowest BCUT2D eigenvalue weighted by molar-refractivity contribution is -0.135. The second kappa shape index (κ2) is 6.88. The van der Waals surface area contributed by atoms with Crippen molar-refractivity contribution in [2.45, 2.75) is 55.6 Å². The number of carbonyl (C=O) groups is 1. The van der Waals surface area contributed by atoms with Gasteiger partial charge in [0.15, 0.2) is 5.66 Å². The number of fused-ring (bicyclic) bond motifs is 3. The van der Waals surface area contributed by atoms with Crippen LogP contribution >= 0.6 is 0 Å². The number of hydrogen-bond donors (Lipinski definition) is 1. The van der Waals surface area contributed by atoms with Gasteiger partial charge in [0.05, 0.1) is 5.41 Å². The van der Waals surface area contributed by atoms with Gasteiger partial charge in [0.1, 0.15) is 0 Å². The highest BCUT2D eigenvalue weighted by molar-refractivity contribution is 5.98. The first-order chi connectivity index (χ1) is 14.1. The van der Waals surface area contributed by atoms with Crippen LogP contribution in [0.5, 0.6) is 0 Å². The van der Waals surface area contributed by atoms with Crippen LogP contribution in [0.2, 0.25) is 0 Å². The quantitative estimate of drug-likeness (QED) is 0.866. The lowest BCUT2D eigenvalue weighted by Crippen LogP contribution is -2.68.